The largest absolute Gasteiger partial charge is 0.494 e. The number of hydrogen-bond acceptors (Lipinski definition) is 4. The van der Waals surface area contributed by atoms with E-state index in [1.54, 1.807) is 38.5 Å². The van der Waals surface area contributed by atoms with E-state index in [0.717, 1.165) is 17.7 Å². The maximum Gasteiger partial charge on any atom is 0.251 e. The Bertz CT molecular complexity index is 697. The van der Waals surface area contributed by atoms with Crippen LogP contribution in [-0.4, -0.2) is 26.7 Å². The maximum atomic E-state index is 12.5. The smallest absolute Gasteiger partial charge is 0.251 e. The Morgan fingerprint density at radius 2 is 1.68 bits per heavy atom. The van der Waals surface area contributed by atoms with Crippen molar-refractivity contribution in [2.45, 2.75) is 26.3 Å². The molecule has 25 heavy (non-hydrogen) atoms. The van der Waals surface area contributed by atoms with Gasteiger partial charge in [0.2, 0.25) is 0 Å². The minimum atomic E-state index is -0.121. The van der Waals surface area contributed by atoms with Crippen LogP contribution in [0, 0.1) is 0 Å². The van der Waals surface area contributed by atoms with Crippen LogP contribution < -0.4 is 19.5 Å². The highest BCUT2D eigenvalue weighted by Crippen LogP contribution is 2.31. The summed E-state index contributed by atoms with van der Waals surface area (Å²) in [6.45, 7) is 4.55. The van der Waals surface area contributed by atoms with Gasteiger partial charge in [-0.25, -0.2) is 0 Å². The highest BCUT2D eigenvalue weighted by Gasteiger charge is 2.16. The van der Waals surface area contributed by atoms with Gasteiger partial charge in [0.05, 0.1) is 26.9 Å². The molecule has 0 aliphatic carbocycles. The van der Waals surface area contributed by atoms with Gasteiger partial charge < -0.3 is 19.5 Å². The topological polar surface area (TPSA) is 56.8 Å². The maximum absolute atomic E-state index is 12.5. The number of nitrogens with one attached hydrogen (secondary N) is 1. The normalized spacial score (nSPS) is 11.5. The molecule has 0 heterocycles. The van der Waals surface area contributed by atoms with Gasteiger partial charge in [-0.3, -0.25) is 4.79 Å². The summed E-state index contributed by atoms with van der Waals surface area (Å²) in [5.74, 6) is 1.95. The molecule has 2 aromatic rings. The lowest BCUT2D eigenvalue weighted by atomic mass is 10.0. The first-order valence-corrected chi connectivity index (χ1v) is 8.38. The molecule has 1 atom stereocenters. The second-order valence-corrected chi connectivity index (χ2v) is 5.51. The second-order valence-electron chi connectivity index (χ2n) is 5.51. The summed E-state index contributed by atoms with van der Waals surface area (Å²) in [5.41, 5.74) is 1.57. The standard InChI is InChI=1S/C20H25NO4/c1-5-17(15-9-12-18(23-3)19(13-15)24-4)21-20(22)14-7-10-16(11-8-14)25-6-2/h7-13,17H,5-6H2,1-4H3,(H,21,22)/t17-/m0/s1. The lowest BCUT2D eigenvalue weighted by molar-refractivity contribution is 0.0935. The van der Waals surface area contributed by atoms with Gasteiger partial charge in [0.1, 0.15) is 5.75 Å². The first-order valence-electron chi connectivity index (χ1n) is 8.38. The fraction of sp³-hybridized carbons (Fsp3) is 0.350. The third-order valence-electron chi connectivity index (χ3n) is 3.95. The zero-order chi connectivity index (χ0) is 18.2. The van der Waals surface area contributed by atoms with Crippen molar-refractivity contribution in [2.75, 3.05) is 20.8 Å². The lowest BCUT2D eigenvalue weighted by Gasteiger charge is -2.19. The lowest BCUT2D eigenvalue weighted by Crippen LogP contribution is -2.28. The molecule has 0 unspecified atom stereocenters. The molecular weight excluding hydrogens is 318 g/mol. The molecule has 0 fully saturated rings. The van der Waals surface area contributed by atoms with Crippen molar-refractivity contribution in [3.8, 4) is 17.2 Å². The van der Waals surface area contributed by atoms with Crippen LogP contribution in [0.4, 0.5) is 0 Å². The SMILES string of the molecule is CCOc1ccc(C(=O)N[C@@H](CC)c2ccc(OC)c(OC)c2)cc1. The van der Waals surface area contributed by atoms with Crippen molar-refractivity contribution in [3.05, 3.63) is 53.6 Å². The number of methoxy groups -OCH3 is 2. The van der Waals surface area contributed by atoms with Crippen molar-refractivity contribution < 1.29 is 19.0 Å². The van der Waals surface area contributed by atoms with Crippen LogP contribution in [-0.2, 0) is 0 Å². The summed E-state index contributed by atoms with van der Waals surface area (Å²) in [6.07, 6.45) is 0.762. The average Bonchev–Trinajstić information content (AvgIpc) is 2.66. The Morgan fingerprint density at radius 1 is 1.00 bits per heavy atom. The van der Waals surface area contributed by atoms with E-state index in [2.05, 4.69) is 5.32 Å². The molecule has 0 saturated carbocycles. The molecule has 0 aliphatic rings. The van der Waals surface area contributed by atoms with Crippen molar-refractivity contribution >= 4 is 5.91 Å². The molecule has 1 N–H and O–H groups in total. The summed E-state index contributed by atoms with van der Waals surface area (Å²) >= 11 is 0. The molecule has 2 aromatic carbocycles. The molecular formula is C20H25NO4. The van der Waals surface area contributed by atoms with E-state index in [4.69, 9.17) is 14.2 Å². The van der Waals surface area contributed by atoms with Crippen LogP contribution in [0.3, 0.4) is 0 Å². The van der Waals surface area contributed by atoms with Gasteiger partial charge in [-0.15, -0.1) is 0 Å². The molecule has 0 spiro atoms. The first kappa shape index (κ1) is 18.6. The Hall–Kier alpha value is -2.69. The Kier molecular flexibility index (Phi) is 6.69. The average molecular weight is 343 g/mol. The van der Waals surface area contributed by atoms with Gasteiger partial charge in [-0.05, 0) is 55.3 Å². The number of ether oxygens (including phenoxy) is 3. The fourth-order valence-corrected chi connectivity index (χ4v) is 2.60. The van der Waals surface area contributed by atoms with Crippen LogP contribution in [0.25, 0.3) is 0 Å². The van der Waals surface area contributed by atoms with Crippen LogP contribution in [0.5, 0.6) is 17.2 Å². The van der Waals surface area contributed by atoms with E-state index in [1.165, 1.54) is 0 Å². The zero-order valence-electron chi connectivity index (χ0n) is 15.2. The summed E-state index contributed by atoms with van der Waals surface area (Å²) < 4.78 is 16.0. The van der Waals surface area contributed by atoms with E-state index in [1.807, 2.05) is 32.0 Å². The molecule has 1 amide bonds. The predicted octanol–water partition coefficient (Wildman–Crippen LogP) is 3.98. The third kappa shape index (κ3) is 4.66. The molecule has 0 aliphatic heterocycles. The van der Waals surface area contributed by atoms with Gasteiger partial charge in [0, 0.05) is 5.56 Å². The van der Waals surface area contributed by atoms with E-state index in [0.29, 0.717) is 23.7 Å². The van der Waals surface area contributed by atoms with E-state index in [9.17, 15) is 4.79 Å². The van der Waals surface area contributed by atoms with Crippen LogP contribution in [0.2, 0.25) is 0 Å². The van der Waals surface area contributed by atoms with Crippen LogP contribution in [0.1, 0.15) is 42.2 Å². The summed E-state index contributed by atoms with van der Waals surface area (Å²) in [6, 6.07) is 12.7. The third-order valence-corrected chi connectivity index (χ3v) is 3.95. The molecule has 0 radical (unpaired) electrons. The quantitative estimate of drug-likeness (QED) is 0.787. The van der Waals surface area contributed by atoms with Crippen molar-refractivity contribution in [1.82, 2.24) is 5.32 Å². The van der Waals surface area contributed by atoms with Gasteiger partial charge in [-0.2, -0.15) is 0 Å². The van der Waals surface area contributed by atoms with Crippen LogP contribution in [0.15, 0.2) is 42.5 Å². The number of hydrogen-bond donors (Lipinski definition) is 1. The van der Waals surface area contributed by atoms with Gasteiger partial charge in [-0.1, -0.05) is 13.0 Å². The number of carbonyl (C=O) groups excluding carboxylic acids is 1. The number of amides is 1. The highest BCUT2D eigenvalue weighted by atomic mass is 16.5. The Labute approximate surface area is 148 Å². The van der Waals surface area contributed by atoms with Crippen molar-refractivity contribution in [1.29, 1.82) is 0 Å². The summed E-state index contributed by atoms with van der Waals surface area (Å²) in [5, 5.41) is 3.06. The predicted molar refractivity (Wildman–Crippen MR) is 97.7 cm³/mol. The molecule has 0 aromatic heterocycles. The molecule has 0 bridgehead atoms. The molecule has 5 nitrogen and oxygen atoms in total. The monoisotopic (exact) mass is 343 g/mol. The van der Waals surface area contributed by atoms with Gasteiger partial charge in [0.15, 0.2) is 11.5 Å². The highest BCUT2D eigenvalue weighted by molar-refractivity contribution is 5.94. The van der Waals surface area contributed by atoms with Gasteiger partial charge in [0.25, 0.3) is 5.91 Å². The summed E-state index contributed by atoms with van der Waals surface area (Å²) in [7, 11) is 3.20. The Morgan fingerprint density at radius 3 is 2.24 bits per heavy atom. The zero-order valence-corrected chi connectivity index (χ0v) is 15.2. The molecule has 0 saturated heterocycles. The summed E-state index contributed by atoms with van der Waals surface area (Å²) in [4.78, 5) is 12.5. The molecule has 5 heteroatoms. The van der Waals surface area contributed by atoms with E-state index >= 15 is 0 Å². The fourth-order valence-electron chi connectivity index (χ4n) is 2.60. The van der Waals surface area contributed by atoms with Crippen molar-refractivity contribution in [3.63, 3.8) is 0 Å². The van der Waals surface area contributed by atoms with Crippen molar-refractivity contribution in [2.24, 2.45) is 0 Å². The minimum Gasteiger partial charge on any atom is -0.494 e. The number of benzene rings is 2. The molecule has 134 valence electrons. The Balaban J connectivity index is 2.14. The molecule has 2 rings (SSSR count). The van der Waals surface area contributed by atoms with E-state index in [-0.39, 0.29) is 11.9 Å². The first-order chi connectivity index (χ1) is 12.1. The number of rotatable bonds is 8. The van der Waals surface area contributed by atoms with E-state index < -0.39 is 0 Å². The van der Waals surface area contributed by atoms with Gasteiger partial charge >= 0.3 is 0 Å². The second kappa shape index (κ2) is 8.97. The number of carbonyl (C=O) groups is 1. The minimum absolute atomic E-state index is 0.112. The van der Waals surface area contributed by atoms with Crippen LogP contribution >= 0.6 is 0 Å².